The first-order chi connectivity index (χ1) is 19.6. The second-order valence-corrected chi connectivity index (χ2v) is 11.3. The Labute approximate surface area is 267 Å². The second kappa shape index (κ2) is 14.2. The minimum absolute atomic E-state index is 0. The number of fused-ring (bicyclic) bond motifs is 2. The van der Waals surface area contributed by atoms with Crippen LogP contribution in [0.25, 0.3) is 21.5 Å². The van der Waals surface area contributed by atoms with Gasteiger partial charge in [-0.1, -0.05) is 36.4 Å². The number of hydrogen-bond donors (Lipinski definition) is 2. The van der Waals surface area contributed by atoms with Crippen molar-refractivity contribution < 1.29 is 79.5 Å². The molecule has 0 heterocycles. The molecule has 4 aromatic rings. The summed E-state index contributed by atoms with van der Waals surface area (Å²) in [7, 11) is -6.85. The molecular formula is C26H23N2NaO12S2. The van der Waals surface area contributed by atoms with Crippen LogP contribution >= 0.6 is 0 Å². The number of anilines is 1. The van der Waals surface area contributed by atoms with E-state index in [1.807, 2.05) is 0 Å². The number of hydrogen-bond acceptors (Lipinski definition) is 12. The Balaban J connectivity index is 0.000000295. The zero-order valence-electron chi connectivity index (χ0n) is 23.0. The van der Waals surface area contributed by atoms with E-state index in [0.717, 1.165) is 12.1 Å². The van der Waals surface area contributed by atoms with Crippen LogP contribution in [0.2, 0.25) is 0 Å². The van der Waals surface area contributed by atoms with E-state index in [1.165, 1.54) is 50.6 Å². The van der Waals surface area contributed by atoms with E-state index < -0.39 is 47.7 Å². The number of carbonyl (C=O) groups excluding carboxylic acids is 2. The fourth-order valence-electron chi connectivity index (χ4n) is 4.22. The molecule has 0 aromatic heterocycles. The number of esters is 2. The Morgan fingerprint density at radius 2 is 1.28 bits per heavy atom. The van der Waals surface area contributed by atoms with Crippen LogP contribution in [-0.2, 0) is 52.1 Å². The van der Waals surface area contributed by atoms with Gasteiger partial charge in [0, 0.05) is 17.1 Å². The summed E-state index contributed by atoms with van der Waals surface area (Å²) in [6.45, 7) is 0. The average Bonchev–Trinajstić information content (AvgIpc) is 2.92. The van der Waals surface area contributed by atoms with Crippen molar-refractivity contribution in [1.29, 1.82) is 0 Å². The van der Waals surface area contributed by atoms with Crippen molar-refractivity contribution in [3.05, 3.63) is 81.9 Å². The molecule has 0 aliphatic carbocycles. The van der Waals surface area contributed by atoms with Crippen molar-refractivity contribution in [3.63, 3.8) is 0 Å². The number of methoxy groups -OCH3 is 2. The molecule has 222 valence electrons. The van der Waals surface area contributed by atoms with Gasteiger partial charge < -0.3 is 19.8 Å². The minimum atomic E-state index is -4.66. The number of nitro groups is 1. The van der Waals surface area contributed by atoms with E-state index in [0.29, 0.717) is 16.5 Å². The second-order valence-electron chi connectivity index (χ2n) is 8.61. The zero-order chi connectivity index (χ0) is 31.4. The first-order valence-corrected chi connectivity index (χ1v) is 14.5. The molecule has 43 heavy (non-hydrogen) atoms. The Morgan fingerprint density at radius 3 is 1.72 bits per heavy atom. The quantitative estimate of drug-likeness (QED) is 0.0662. The van der Waals surface area contributed by atoms with Gasteiger partial charge in [-0.05, 0) is 40.1 Å². The summed E-state index contributed by atoms with van der Waals surface area (Å²) in [5.74, 6) is -1.04. The maximum atomic E-state index is 11.5. The van der Waals surface area contributed by atoms with Gasteiger partial charge >= 0.3 is 41.5 Å². The number of nitro benzene ring substituents is 1. The fraction of sp³-hybridized carbons (Fsp3) is 0.154. The molecule has 0 fully saturated rings. The summed E-state index contributed by atoms with van der Waals surface area (Å²) in [4.78, 5) is 32.2. The van der Waals surface area contributed by atoms with Crippen LogP contribution in [-0.4, -0.2) is 57.0 Å². The van der Waals surface area contributed by atoms with Crippen molar-refractivity contribution in [2.75, 3.05) is 20.0 Å². The molecule has 0 bridgehead atoms. The molecule has 17 heteroatoms. The summed E-state index contributed by atoms with van der Waals surface area (Å²) in [6, 6.07) is 13.6. The predicted molar refractivity (Wildman–Crippen MR) is 148 cm³/mol. The third kappa shape index (κ3) is 8.26. The summed E-state index contributed by atoms with van der Waals surface area (Å²) in [5.41, 5.74) is 6.37. The van der Waals surface area contributed by atoms with Crippen LogP contribution in [0.5, 0.6) is 0 Å². The fourth-order valence-corrected chi connectivity index (χ4v) is 5.64. The number of ether oxygens (including phenoxy) is 2. The minimum Gasteiger partial charge on any atom is -0.744 e. The van der Waals surface area contributed by atoms with E-state index in [-0.39, 0.29) is 69.1 Å². The van der Waals surface area contributed by atoms with Gasteiger partial charge in [0.25, 0.3) is 15.8 Å². The van der Waals surface area contributed by atoms with Gasteiger partial charge in [-0.3, -0.25) is 24.3 Å². The van der Waals surface area contributed by atoms with Crippen LogP contribution in [0.1, 0.15) is 11.1 Å². The molecule has 0 saturated carbocycles. The maximum absolute atomic E-state index is 11.5. The molecular weight excluding hydrogens is 619 g/mol. The van der Waals surface area contributed by atoms with Crippen LogP contribution in [0, 0.1) is 10.1 Å². The van der Waals surface area contributed by atoms with E-state index in [1.54, 1.807) is 12.1 Å². The Bertz CT molecular complexity index is 1950. The van der Waals surface area contributed by atoms with Crippen molar-refractivity contribution in [2.24, 2.45) is 0 Å². The number of rotatable bonds is 7. The molecule has 0 amide bonds. The largest absolute Gasteiger partial charge is 1.00 e. The standard InChI is InChI=1S/C13H11NO7S.C13H13NO5S.Na/c1-21-12(15)7-8-5-6-11(22(18,19)20)13-9(8)3-2-4-10(13)14(16)17;1-19-12(15)7-8-5-6-11(20(16,17)18)13-9(8)3-2-4-10(13)14;/h2-6H,7H2,1H3,(H,18,19,20);2-6H,7,14H2,1H3,(H,16,17,18);/q;;+1/p-1. The van der Waals surface area contributed by atoms with Crippen LogP contribution in [0.4, 0.5) is 11.4 Å². The first-order valence-electron chi connectivity index (χ1n) is 11.7. The van der Waals surface area contributed by atoms with E-state index in [9.17, 15) is 45.6 Å². The smallest absolute Gasteiger partial charge is 0.744 e. The normalized spacial score (nSPS) is 11.2. The Morgan fingerprint density at radius 1 is 0.814 bits per heavy atom. The topological polar surface area (TPSA) is 233 Å². The number of non-ortho nitro benzene ring substituents is 1. The number of benzene rings is 4. The monoisotopic (exact) mass is 642 g/mol. The molecule has 4 rings (SSSR count). The number of nitrogen functional groups attached to an aromatic ring is 1. The number of nitrogens with zero attached hydrogens (tertiary/aromatic N) is 1. The van der Waals surface area contributed by atoms with E-state index >= 15 is 0 Å². The molecule has 4 aromatic carbocycles. The van der Waals surface area contributed by atoms with Crippen LogP contribution in [0.15, 0.2) is 70.5 Å². The molecule has 0 spiro atoms. The van der Waals surface area contributed by atoms with Gasteiger partial charge in [-0.2, -0.15) is 8.42 Å². The molecule has 3 N–H and O–H groups in total. The third-order valence-electron chi connectivity index (χ3n) is 6.06. The van der Waals surface area contributed by atoms with Crippen molar-refractivity contribution in [1.82, 2.24) is 0 Å². The molecule has 0 saturated heterocycles. The maximum Gasteiger partial charge on any atom is 1.00 e. The van der Waals surface area contributed by atoms with Crippen molar-refractivity contribution in [3.8, 4) is 0 Å². The van der Waals surface area contributed by atoms with E-state index in [2.05, 4.69) is 9.47 Å². The van der Waals surface area contributed by atoms with Gasteiger partial charge in [0.05, 0.1) is 42.3 Å². The van der Waals surface area contributed by atoms with Gasteiger partial charge in [-0.15, -0.1) is 0 Å². The van der Waals surface area contributed by atoms with Gasteiger partial charge in [0.2, 0.25) is 0 Å². The average molecular weight is 643 g/mol. The molecule has 0 radical (unpaired) electrons. The number of carbonyl (C=O) groups is 2. The summed E-state index contributed by atoms with van der Waals surface area (Å²) in [5, 5.41) is 11.7. The number of nitrogens with two attached hydrogens (primary N) is 1. The Kier molecular flexibility index (Phi) is 11.8. The van der Waals surface area contributed by atoms with E-state index in [4.69, 9.17) is 5.73 Å². The van der Waals surface area contributed by atoms with Crippen LogP contribution < -0.4 is 35.3 Å². The van der Waals surface area contributed by atoms with Crippen LogP contribution in [0.3, 0.4) is 0 Å². The molecule has 14 nitrogen and oxygen atoms in total. The SMILES string of the molecule is COC(=O)Cc1ccc(S(=O)(=O)O)c2c([N+](=O)[O-])cccc12.COC(=O)Cc1ccc(S(=O)(=O)[O-])c2c(N)cccc12.[Na+]. The van der Waals surface area contributed by atoms with Crippen molar-refractivity contribution in [2.45, 2.75) is 22.6 Å². The van der Waals surface area contributed by atoms with Crippen molar-refractivity contribution >= 4 is 65.1 Å². The predicted octanol–water partition coefficient (Wildman–Crippen LogP) is -0.244. The summed E-state index contributed by atoms with van der Waals surface area (Å²) in [6.07, 6.45) is -0.213. The summed E-state index contributed by atoms with van der Waals surface area (Å²) < 4.78 is 75.2. The molecule has 0 aliphatic rings. The molecule has 0 unspecified atom stereocenters. The molecule has 0 atom stereocenters. The zero-order valence-corrected chi connectivity index (χ0v) is 26.6. The van der Waals surface area contributed by atoms with Gasteiger partial charge in [0.15, 0.2) is 0 Å². The Hall–Kier alpha value is -3.64. The van der Waals surface area contributed by atoms with Gasteiger partial charge in [-0.25, -0.2) is 8.42 Å². The molecule has 0 aliphatic heterocycles. The first kappa shape index (κ1) is 35.6. The third-order valence-corrected chi connectivity index (χ3v) is 7.84. The van der Waals surface area contributed by atoms with Gasteiger partial charge in [0.1, 0.15) is 15.0 Å². The summed E-state index contributed by atoms with van der Waals surface area (Å²) >= 11 is 0.